The first-order chi connectivity index (χ1) is 20.3. The summed E-state index contributed by atoms with van der Waals surface area (Å²) in [6.45, 7) is 1.71. The largest absolute Gasteiger partial charge is 0.484 e. The van der Waals surface area contributed by atoms with E-state index in [1.54, 1.807) is 11.8 Å². The van der Waals surface area contributed by atoms with Crippen LogP contribution < -0.4 is 9.61 Å². The van der Waals surface area contributed by atoms with Gasteiger partial charge in [-0.2, -0.15) is 0 Å². The maximum absolute atomic E-state index is 13.6. The second kappa shape index (κ2) is 10.9. The molecular formula is C30H33N3O7S2. The number of carboxylic acids is 1. The van der Waals surface area contributed by atoms with Gasteiger partial charge in [-0.1, -0.05) is 23.5 Å². The lowest BCUT2D eigenvalue weighted by Crippen LogP contribution is -2.42. The summed E-state index contributed by atoms with van der Waals surface area (Å²) in [5.74, 6) is -1.41. The van der Waals surface area contributed by atoms with Gasteiger partial charge < -0.3 is 19.7 Å². The third kappa shape index (κ3) is 4.57. The van der Waals surface area contributed by atoms with Crippen LogP contribution >= 0.6 is 23.1 Å². The number of aliphatic carboxylic acids is 1. The number of piperidine rings is 1. The summed E-state index contributed by atoms with van der Waals surface area (Å²) in [6.07, 6.45) is 4.19. The maximum atomic E-state index is 13.6. The van der Waals surface area contributed by atoms with Crippen molar-refractivity contribution in [2.45, 2.75) is 54.7 Å². The molecule has 2 bridgehead atoms. The number of thiazole rings is 1. The molecule has 0 spiro atoms. The minimum absolute atomic E-state index is 0.000381. The summed E-state index contributed by atoms with van der Waals surface area (Å²) in [6, 6.07) is 7.73. The first-order valence-electron chi connectivity index (χ1n) is 14.8. The Morgan fingerprint density at radius 3 is 2.43 bits per heavy atom. The van der Waals surface area contributed by atoms with E-state index in [0.29, 0.717) is 5.75 Å². The lowest BCUT2D eigenvalue weighted by atomic mass is 9.68. The molecule has 7 rings (SSSR count). The van der Waals surface area contributed by atoms with Gasteiger partial charge in [-0.3, -0.25) is 28.9 Å². The molecule has 2 saturated heterocycles. The lowest BCUT2D eigenvalue weighted by molar-refractivity contribution is -0.142. The number of thioether (sulfide) groups is 1. The number of rotatable bonds is 8. The van der Waals surface area contributed by atoms with Crippen molar-refractivity contribution in [3.8, 4) is 5.75 Å². The molecular weight excluding hydrogens is 578 g/mol. The molecule has 6 unspecified atom stereocenters. The zero-order valence-corrected chi connectivity index (χ0v) is 24.7. The first-order valence-corrected chi connectivity index (χ1v) is 16.5. The van der Waals surface area contributed by atoms with Crippen LogP contribution in [0.4, 0.5) is 0 Å². The highest BCUT2D eigenvalue weighted by Crippen LogP contribution is 2.68. The highest BCUT2D eigenvalue weighted by atomic mass is 32.2. The minimum atomic E-state index is -0.940. The van der Waals surface area contributed by atoms with E-state index in [0.717, 1.165) is 54.2 Å². The van der Waals surface area contributed by atoms with Crippen LogP contribution in [0.5, 0.6) is 5.75 Å². The number of benzene rings is 1. The highest BCUT2D eigenvalue weighted by Gasteiger charge is 2.69. The van der Waals surface area contributed by atoms with Crippen molar-refractivity contribution in [3.63, 3.8) is 0 Å². The number of H-pyrrole nitrogens is 1. The van der Waals surface area contributed by atoms with Gasteiger partial charge in [0.05, 0.1) is 16.9 Å². The van der Waals surface area contributed by atoms with E-state index in [4.69, 9.17) is 9.84 Å². The second-order valence-electron chi connectivity index (χ2n) is 12.1. The highest BCUT2D eigenvalue weighted by molar-refractivity contribution is 8.00. The number of nitrogens with one attached hydrogen (secondary N) is 1. The SMILES string of the molecule is O=C(O)CCCN1C(=O)C2C3CC(C2C1=O)C1C3Sc2[nH]c(=O)sc2[C@@H]1c1ccc(OCC(=O)N2CCCCC2)cc1. The molecule has 42 heavy (non-hydrogen) atoms. The van der Waals surface area contributed by atoms with Crippen molar-refractivity contribution in [3.05, 3.63) is 44.4 Å². The van der Waals surface area contributed by atoms with Crippen LogP contribution in [0, 0.1) is 29.6 Å². The Hall–Kier alpha value is -3.12. The molecule has 2 aromatic rings. The minimum Gasteiger partial charge on any atom is -0.484 e. The number of imide groups is 1. The number of nitrogens with zero attached hydrogens (tertiary/aromatic N) is 2. The molecule has 222 valence electrons. The summed E-state index contributed by atoms with van der Waals surface area (Å²) in [5, 5.41) is 9.96. The van der Waals surface area contributed by atoms with Crippen LogP contribution in [0.1, 0.15) is 54.9 Å². The van der Waals surface area contributed by atoms with Gasteiger partial charge in [0, 0.05) is 42.1 Å². The van der Waals surface area contributed by atoms with Crippen LogP contribution in [0.3, 0.4) is 0 Å². The van der Waals surface area contributed by atoms with Crippen LogP contribution in [0.15, 0.2) is 34.1 Å². The normalized spacial score (nSPS) is 31.2. The third-order valence-corrected chi connectivity index (χ3v) is 12.5. The zero-order valence-electron chi connectivity index (χ0n) is 23.0. The number of carbonyl (C=O) groups excluding carboxylic acids is 3. The number of aromatic amines is 1. The molecule has 1 aromatic carbocycles. The van der Waals surface area contributed by atoms with Crippen molar-refractivity contribution in [1.29, 1.82) is 0 Å². The van der Waals surface area contributed by atoms with Crippen molar-refractivity contribution >= 4 is 46.8 Å². The topological polar surface area (TPSA) is 137 Å². The van der Waals surface area contributed by atoms with Crippen molar-refractivity contribution < 1.29 is 29.0 Å². The van der Waals surface area contributed by atoms with Gasteiger partial charge in [-0.15, -0.1) is 11.8 Å². The quantitative estimate of drug-likeness (QED) is 0.435. The van der Waals surface area contributed by atoms with E-state index in [9.17, 15) is 24.0 Å². The predicted octanol–water partition coefficient (Wildman–Crippen LogP) is 3.17. The number of carboxylic acid groups (broad SMARTS) is 1. The maximum Gasteiger partial charge on any atom is 0.305 e. The van der Waals surface area contributed by atoms with E-state index in [1.807, 2.05) is 29.2 Å². The van der Waals surface area contributed by atoms with Crippen LogP contribution in [-0.4, -0.2) is 75.1 Å². The third-order valence-electron chi connectivity index (χ3n) is 9.90. The molecule has 4 fully saturated rings. The molecule has 4 heterocycles. The van der Waals surface area contributed by atoms with Crippen molar-refractivity contribution in [1.82, 2.24) is 14.8 Å². The summed E-state index contributed by atoms with van der Waals surface area (Å²) >= 11 is 2.85. The van der Waals surface area contributed by atoms with Gasteiger partial charge in [-0.05, 0) is 67.6 Å². The summed E-state index contributed by atoms with van der Waals surface area (Å²) in [4.78, 5) is 70.1. The number of fused-ring (bicyclic) bond motifs is 9. The van der Waals surface area contributed by atoms with Crippen molar-refractivity contribution in [2.24, 2.45) is 29.6 Å². The zero-order chi connectivity index (χ0) is 29.1. The number of likely N-dealkylation sites (tertiary alicyclic amines) is 2. The lowest BCUT2D eigenvalue weighted by Gasteiger charge is -2.43. The van der Waals surface area contributed by atoms with Crippen LogP contribution in [-0.2, 0) is 19.2 Å². The Morgan fingerprint density at radius 1 is 1.00 bits per heavy atom. The fourth-order valence-corrected chi connectivity index (χ4v) is 11.1. The molecule has 5 aliphatic rings. The molecule has 2 N–H and O–H groups in total. The number of hydrogen-bond donors (Lipinski definition) is 2. The van der Waals surface area contributed by atoms with Crippen molar-refractivity contribution in [2.75, 3.05) is 26.2 Å². The Morgan fingerprint density at radius 2 is 1.71 bits per heavy atom. The summed E-state index contributed by atoms with van der Waals surface area (Å²) in [5.41, 5.74) is 1.02. The second-order valence-corrected chi connectivity index (χ2v) is 14.3. The van der Waals surface area contributed by atoms with Crippen LogP contribution in [0.25, 0.3) is 0 Å². The summed E-state index contributed by atoms with van der Waals surface area (Å²) in [7, 11) is 0. The van der Waals surface area contributed by atoms with E-state index < -0.39 is 11.9 Å². The van der Waals surface area contributed by atoms with E-state index in [-0.39, 0.29) is 83.4 Å². The van der Waals surface area contributed by atoms with Gasteiger partial charge in [0.2, 0.25) is 11.8 Å². The van der Waals surface area contributed by atoms with Gasteiger partial charge >= 0.3 is 10.8 Å². The van der Waals surface area contributed by atoms with Gasteiger partial charge in [-0.25, -0.2) is 0 Å². The summed E-state index contributed by atoms with van der Waals surface area (Å²) < 4.78 is 5.84. The molecule has 7 atom stereocenters. The van der Waals surface area contributed by atoms with Gasteiger partial charge in [0.1, 0.15) is 5.75 Å². The van der Waals surface area contributed by atoms with Crippen LogP contribution in [0.2, 0.25) is 0 Å². The number of aromatic nitrogens is 1. The molecule has 2 aliphatic carbocycles. The predicted molar refractivity (Wildman–Crippen MR) is 154 cm³/mol. The molecule has 0 radical (unpaired) electrons. The molecule has 3 aliphatic heterocycles. The number of amides is 3. The number of carbonyl (C=O) groups is 4. The average Bonchev–Trinajstić information content (AvgIpc) is 3.72. The Kier molecular flexibility index (Phi) is 7.16. The number of hydrogen-bond acceptors (Lipinski definition) is 8. The average molecular weight is 612 g/mol. The fraction of sp³-hybridized carbons (Fsp3) is 0.567. The molecule has 12 heteroatoms. The standard InChI is InChI=1S/C30H33N3O7S2/c34-19(32-10-2-1-3-11-32)14-40-16-8-6-15(7-9-16)21-22-17-13-18(25(22)41-27-26(21)42-30(39)31-27)24-23(17)28(37)33(29(24)38)12-4-5-20(35)36/h6-9,17-18,21-25H,1-5,10-14H2,(H,31,39)(H,35,36)/t17?,18?,21-,22?,23?,24?,25?/m1/s1. The van der Waals surface area contributed by atoms with Gasteiger partial charge in [0.25, 0.3) is 5.91 Å². The van der Waals surface area contributed by atoms with Gasteiger partial charge in [0.15, 0.2) is 6.61 Å². The van der Waals surface area contributed by atoms with E-state index in [2.05, 4.69) is 4.98 Å². The molecule has 10 nitrogen and oxygen atoms in total. The molecule has 2 saturated carbocycles. The number of ether oxygens (including phenoxy) is 1. The Bertz CT molecular complexity index is 1480. The molecule has 1 aromatic heterocycles. The Labute approximate surface area is 250 Å². The fourth-order valence-electron chi connectivity index (χ4n) is 8.21. The smallest absolute Gasteiger partial charge is 0.305 e. The first kappa shape index (κ1) is 27.7. The van der Waals surface area contributed by atoms with E-state index >= 15 is 0 Å². The molecule has 3 amide bonds. The monoisotopic (exact) mass is 611 g/mol. The Balaban J connectivity index is 1.13. The van der Waals surface area contributed by atoms with E-state index in [1.165, 1.54) is 16.2 Å².